The minimum Gasteiger partial charge on any atom is -0.444 e. The first kappa shape index (κ1) is 20.9. The van der Waals surface area contributed by atoms with Crippen molar-refractivity contribution in [2.45, 2.75) is 39.3 Å². The van der Waals surface area contributed by atoms with Gasteiger partial charge in [0.25, 0.3) is 0 Å². The lowest BCUT2D eigenvalue weighted by Crippen LogP contribution is -2.48. The number of nitrogens with zero attached hydrogens (tertiary/aromatic N) is 4. The van der Waals surface area contributed by atoms with Crippen LogP contribution in [0.3, 0.4) is 0 Å². The van der Waals surface area contributed by atoms with Crippen molar-refractivity contribution in [3.05, 3.63) is 66.2 Å². The summed E-state index contributed by atoms with van der Waals surface area (Å²) in [7, 11) is 0. The summed E-state index contributed by atoms with van der Waals surface area (Å²) in [6, 6.07) is 14.6. The van der Waals surface area contributed by atoms with Gasteiger partial charge in [0.1, 0.15) is 17.8 Å². The predicted molar refractivity (Wildman–Crippen MR) is 124 cm³/mol. The lowest BCUT2D eigenvalue weighted by molar-refractivity contribution is 0.459. The zero-order chi connectivity index (χ0) is 21.5. The molecule has 7 heteroatoms. The monoisotopic (exact) mass is 418 g/mol. The molecule has 2 N–H and O–H groups in total. The van der Waals surface area contributed by atoms with Crippen LogP contribution in [0.25, 0.3) is 11.5 Å². The van der Waals surface area contributed by atoms with Crippen molar-refractivity contribution in [1.82, 2.24) is 20.6 Å². The van der Waals surface area contributed by atoms with Crippen LogP contribution in [0.15, 0.2) is 64.3 Å². The highest BCUT2D eigenvalue weighted by Crippen LogP contribution is 2.20. The molecule has 0 radical (unpaired) electrons. The average molecular weight is 419 g/mol. The van der Waals surface area contributed by atoms with E-state index in [0.717, 1.165) is 55.5 Å². The smallest absolute Gasteiger partial charge is 0.226 e. The van der Waals surface area contributed by atoms with Crippen LogP contribution in [0.2, 0.25) is 0 Å². The first-order chi connectivity index (χ1) is 15.2. The zero-order valence-electron chi connectivity index (χ0n) is 18.2. The van der Waals surface area contributed by atoms with Gasteiger partial charge in [0.15, 0.2) is 5.96 Å². The summed E-state index contributed by atoms with van der Waals surface area (Å²) in [6.07, 6.45) is 5.63. The van der Waals surface area contributed by atoms with Gasteiger partial charge in [0, 0.05) is 37.4 Å². The van der Waals surface area contributed by atoms with E-state index in [2.05, 4.69) is 57.5 Å². The summed E-state index contributed by atoms with van der Waals surface area (Å²) in [5, 5.41) is 6.92. The SMILES string of the molecule is CCNC(=NCc1coc(-c2ccc(C)cc2)n1)NC1CCN(c2ccccn2)CC1. The number of rotatable bonds is 6. The number of aliphatic imine (C=N–C) groups is 1. The topological polar surface area (TPSA) is 78.6 Å². The lowest BCUT2D eigenvalue weighted by atomic mass is 10.1. The van der Waals surface area contributed by atoms with Gasteiger partial charge in [-0.1, -0.05) is 23.8 Å². The van der Waals surface area contributed by atoms with Crippen LogP contribution >= 0.6 is 0 Å². The molecule has 1 aliphatic heterocycles. The van der Waals surface area contributed by atoms with Gasteiger partial charge in [0.05, 0.1) is 6.54 Å². The maximum atomic E-state index is 5.65. The van der Waals surface area contributed by atoms with Crippen molar-refractivity contribution in [2.75, 3.05) is 24.5 Å². The van der Waals surface area contributed by atoms with Crippen LogP contribution in [0.4, 0.5) is 5.82 Å². The highest BCUT2D eigenvalue weighted by Gasteiger charge is 2.20. The molecule has 3 heterocycles. The fourth-order valence-corrected chi connectivity index (χ4v) is 3.68. The van der Waals surface area contributed by atoms with Gasteiger partial charge >= 0.3 is 0 Å². The largest absolute Gasteiger partial charge is 0.444 e. The Morgan fingerprint density at radius 3 is 2.68 bits per heavy atom. The highest BCUT2D eigenvalue weighted by molar-refractivity contribution is 5.80. The fraction of sp³-hybridized carbons (Fsp3) is 0.375. The van der Waals surface area contributed by atoms with Crippen LogP contribution in [0, 0.1) is 6.92 Å². The molecule has 1 aliphatic rings. The third kappa shape index (κ3) is 5.63. The number of nitrogens with one attached hydrogen (secondary N) is 2. The Labute approximate surface area is 183 Å². The molecule has 0 unspecified atom stereocenters. The molecular weight excluding hydrogens is 388 g/mol. The summed E-state index contributed by atoms with van der Waals surface area (Å²) in [5.41, 5.74) is 3.01. The quantitative estimate of drug-likeness (QED) is 0.469. The van der Waals surface area contributed by atoms with E-state index in [4.69, 9.17) is 9.41 Å². The maximum Gasteiger partial charge on any atom is 0.226 e. The van der Waals surface area contributed by atoms with Gasteiger partial charge < -0.3 is 20.0 Å². The number of aromatic nitrogens is 2. The van der Waals surface area contributed by atoms with Crippen molar-refractivity contribution in [2.24, 2.45) is 4.99 Å². The Morgan fingerprint density at radius 1 is 1.16 bits per heavy atom. The summed E-state index contributed by atoms with van der Waals surface area (Å²) < 4.78 is 5.65. The van der Waals surface area contributed by atoms with Crippen LogP contribution in [-0.2, 0) is 6.54 Å². The van der Waals surface area contributed by atoms with Gasteiger partial charge in [-0.05, 0) is 51.0 Å². The van der Waals surface area contributed by atoms with E-state index in [1.165, 1.54) is 5.56 Å². The number of hydrogen-bond donors (Lipinski definition) is 2. The van der Waals surface area contributed by atoms with E-state index in [9.17, 15) is 0 Å². The number of oxazole rings is 1. The molecule has 1 fully saturated rings. The molecule has 3 aromatic rings. The van der Waals surface area contributed by atoms with Gasteiger partial charge in [-0.15, -0.1) is 0 Å². The lowest BCUT2D eigenvalue weighted by Gasteiger charge is -2.33. The number of benzene rings is 1. The molecule has 1 saturated heterocycles. The first-order valence-corrected chi connectivity index (χ1v) is 10.9. The Kier molecular flexibility index (Phi) is 6.82. The van der Waals surface area contributed by atoms with Crippen molar-refractivity contribution < 1.29 is 4.42 Å². The Balaban J connectivity index is 1.33. The Hall–Kier alpha value is -3.35. The van der Waals surface area contributed by atoms with Crippen molar-refractivity contribution >= 4 is 11.8 Å². The van der Waals surface area contributed by atoms with E-state index in [1.54, 1.807) is 6.26 Å². The van der Waals surface area contributed by atoms with Crippen LogP contribution in [-0.4, -0.2) is 41.6 Å². The molecule has 0 aliphatic carbocycles. The van der Waals surface area contributed by atoms with Crippen molar-refractivity contribution in [3.8, 4) is 11.5 Å². The number of anilines is 1. The highest BCUT2D eigenvalue weighted by atomic mass is 16.3. The summed E-state index contributed by atoms with van der Waals surface area (Å²) >= 11 is 0. The standard InChI is InChI=1S/C24H30N6O/c1-3-25-24(29-20-11-14-30(15-12-20)22-6-4-5-13-26-22)27-16-21-17-31-23(28-21)19-9-7-18(2)8-10-19/h4-10,13,17,20H,3,11-12,14-16H2,1-2H3,(H2,25,27,29). The first-order valence-electron chi connectivity index (χ1n) is 10.9. The van der Waals surface area contributed by atoms with Crippen LogP contribution in [0.5, 0.6) is 0 Å². The molecule has 0 bridgehead atoms. The molecule has 4 rings (SSSR count). The zero-order valence-corrected chi connectivity index (χ0v) is 18.2. The average Bonchev–Trinajstić information content (AvgIpc) is 3.28. The Morgan fingerprint density at radius 2 is 1.97 bits per heavy atom. The molecule has 0 saturated carbocycles. The van der Waals surface area contributed by atoms with Crippen LogP contribution < -0.4 is 15.5 Å². The number of aryl methyl sites for hydroxylation is 1. The maximum absolute atomic E-state index is 5.65. The second-order valence-corrected chi connectivity index (χ2v) is 7.80. The van der Waals surface area contributed by atoms with Gasteiger partial charge in [-0.3, -0.25) is 0 Å². The Bertz CT molecular complexity index is 975. The molecule has 31 heavy (non-hydrogen) atoms. The number of pyridine rings is 1. The second-order valence-electron chi connectivity index (χ2n) is 7.80. The number of guanidine groups is 1. The minimum atomic E-state index is 0.387. The second kappa shape index (κ2) is 10.1. The normalized spacial score (nSPS) is 15.2. The molecule has 0 amide bonds. The van der Waals surface area contributed by atoms with Gasteiger partial charge in [0.2, 0.25) is 5.89 Å². The molecule has 1 aromatic carbocycles. The van der Waals surface area contributed by atoms with Crippen LogP contribution in [0.1, 0.15) is 31.0 Å². The number of hydrogen-bond acceptors (Lipinski definition) is 5. The van der Waals surface area contributed by atoms with Gasteiger partial charge in [-0.25, -0.2) is 15.0 Å². The molecular formula is C24H30N6O. The van der Waals surface area contributed by atoms with E-state index in [1.807, 2.05) is 30.5 Å². The van der Waals surface area contributed by atoms with E-state index in [-0.39, 0.29) is 0 Å². The summed E-state index contributed by atoms with van der Waals surface area (Å²) in [6.45, 7) is 7.39. The van der Waals surface area contributed by atoms with Crippen molar-refractivity contribution in [1.29, 1.82) is 0 Å². The fourth-order valence-electron chi connectivity index (χ4n) is 3.68. The summed E-state index contributed by atoms with van der Waals surface area (Å²) in [5.74, 6) is 2.50. The molecule has 0 spiro atoms. The van der Waals surface area contributed by atoms with E-state index in [0.29, 0.717) is 18.5 Å². The molecule has 2 aromatic heterocycles. The third-order valence-electron chi connectivity index (χ3n) is 5.40. The minimum absolute atomic E-state index is 0.387. The van der Waals surface area contributed by atoms with Crippen molar-refractivity contribution in [3.63, 3.8) is 0 Å². The van der Waals surface area contributed by atoms with Gasteiger partial charge in [-0.2, -0.15) is 0 Å². The molecule has 7 nitrogen and oxygen atoms in total. The third-order valence-corrected chi connectivity index (χ3v) is 5.40. The molecule has 162 valence electrons. The number of piperidine rings is 1. The predicted octanol–water partition coefficient (Wildman–Crippen LogP) is 3.77. The summed E-state index contributed by atoms with van der Waals surface area (Å²) in [4.78, 5) is 16.1. The van der Waals surface area contributed by atoms with E-state index >= 15 is 0 Å². The molecule has 0 atom stereocenters. The van der Waals surface area contributed by atoms with E-state index < -0.39 is 0 Å².